The van der Waals surface area contributed by atoms with Gasteiger partial charge in [0.25, 0.3) is 5.91 Å². The molecule has 1 aliphatic rings. The van der Waals surface area contributed by atoms with Gasteiger partial charge in [-0.15, -0.1) is 11.3 Å². The average Bonchev–Trinajstić information content (AvgIpc) is 3.44. The first-order valence-corrected chi connectivity index (χ1v) is 12.3. The smallest absolute Gasteiger partial charge is 0.254 e. The Morgan fingerprint density at radius 1 is 1.09 bits per heavy atom. The van der Waals surface area contributed by atoms with Gasteiger partial charge in [0.05, 0.1) is 22.2 Å². The number of rotatable bonds is 5. The number of para-hydroxylation sites is 1. The van der Waals surface area contributed by atoms with Crippen molar-refractivity contribution < 1.29 is 9.59 Å². The highest BCUT2D eigenvalue weighted by Crippen LogP contribution is 2.45. The fourth-order valence-corrected chi connectivity index (χ4v) is 6.10. The van der Waals surface area contributed by atoms with E-state index in [0.29, 0.717) is 17.2 Å². The molecule has 162 valence electrons. The normalized spacial score (nSPS) is 18.2. The lowest BCUT2D eigenvalue weighted by molar-refractivity contribution is -0.119. The van der Waals surface area contributed by atoms with Crippen LogP contribution >= 0.6 is 22.7 Å². The molecule has 0 radical (unpaired) electrons. The van der Waals surface area contributed by atoms with Gasteiger partial charge in [-0.2, -0.15) is 0 Å². The molecule has 32 heavy (non-hydrogen) atoms. The molecule has 0 spiro atoms. The van der Waals surface area contributed by atoms with Crippen molar-refractivity contribution >= 4 is 49.8 Å². The van der Waals surface area contributed by atoms with Gasteiger partial charge in [0.15, 0.2) is 5.13 Å². The molecule has 2 unspecified atom stereocenters. The van der Waals surface area contributed by atoms with Crippen LogP contribution in [0.3, 0.4) is 0 Å². The van der Waals surface area contributed by atoms with E-state index in [2.05, 4.69) is 24.1 Å². The standard InChI is InChI=1S/C25H23N3O2S2/c1-15(2)14-28-22(20-12-7-13-31-20)21(16-8-3-4-9-17(16)24(28)30)23(29)27-25-26-18-10-5-6-11-19(18)32-25/h3-13,15,21-22H,14H2,1-2H3,(H,26,27,29). The van der Waals surface area contributed by atoms with Gasteiger partial charge in [0.2, 0.25) is 5.91 Å². The van der Waals surface area contributed by atoms with Crippen LogP contribution in [0, 0.1) is 5.92 Å². The zero-order valence-corrected chi connectivity index (χ0v) is 19.5. The molecular weight excluding hydrogens is 438 g/mol. The topological polar surface area (TPSA) is 62.3 Å². The second kappa shape index (κ2) is 8.48. The monoisotopic (exact) mass is 461 g/mol. The molecule has 0 fully saturated rings. The highest BCUT2D eigenvalue weighted by molar-refractivity contribution is 7.22. The lowest BCUT2D eigenvalue weighted by Crippen LogP contribution is -2.47. The number of nitrogens with zero attached hydrogens (tertiary/aromatic N) is 2. The second-order valence-electron chi connectivity index (χ2n) is 8.35. The maximum atomic E-state index is 13.8. The Morgan fingerprint density at radius 2 is 1.88 bits per heavy atom. The van der Waals surface area contributed by atoms with E-state index in [1.807, 2.05) is 70.9 Å². The molecule has 5 rings (SSSR count). The van der Waals surface area contributed by atoms with E-state index < -0.39 is 5.92 Å². The number of anilines is 1. The summed E-state index contributed by atoms with van der Waals surface area (Å²) in [6.07, 6.45) is 0. The first kappa shape index (κ1) is 20.8. The number of aromatic nitrogens is 1. The van der Waals surface area contributed by atoms with E-state index in [4.69, 9.17) is 0 Å². The number of carbonyl (C=O) groups excluding carboxylic acids is 2. The first-order valence-electron chi connectivity index (χ1n) is 10.6. The largest absolute Gasteiger partial charge is 0.329 e. The van der Waals surface area contributed by atoms with Crippen LogP contribution in [0.4, 0.5) is 5.13 Å². The molecular formula is C25H23N3O2S2. The Hall–Kier alpha value is -3.03. The number of thiazole rings is 1. The van der Waals surface area contributed by atoms with Gasteiger partial charge in [-0.3, -0.25) is 9.59 Å². The van der Waals surface area contributed by atoms with Crippen molar-refractivity contribution in [2.75, 3.05) is 11.9 Å². The van der Waals surface area contributed by atoms with Crippen LogP contribution in [0.5, 0.6) is 0 Å². The van der Waals surface area contributed by atoms with Crippen LogP contribution in [0.25, 0.3) is 10.2 Å². The summed E-state index contributed by atoms with van der Waals surface area (Å²) in [5.74, 6) is -0.402. The summed E-state index contributed by atoms with van der Waals surface area (Å²) in [5.41, 5.74) is 2.24. The van der Waals surface area contributed by atoms with E-state index in [0.717, 1.165) is 20.7 Å². The van der Waals surface area contributed by atoms with Gasteiger partial charge in [0, 0.05) is 17.0 Å². The molecule has 1 aliphatic heterocycles. The molecule has 2 amide bonds. The van der Waals surface area contributed by atoms with E-state index in [1.54, 1.807) is 11.3 Å². The van der Waals surface area contributed by atoms with Crippen molar-refractivity contribution in [2.45, 2.75) is 25.8 Å². The van der Waals surface area contributed by atoms with E-state index in [-0.39, 0.29) is 23.8 Å². The van der Waals surface area contributed by atoms with Crippen LogP contribution in [0.1, 0.15) is 46.6 Å². The maximum Gasteiger partial charge on any atom is 0.254 e. The third-order valence-electron chi connectivity index (χ3n) is 5.64. The van der Waals surface area contributed by atoms with Crippen LogP contribution in [-0.4, -0.2) is 28.2 Å². The van der Waals surface area contributed by atoms with Crippen LogP contribution in [0.2, 0.25) is 0 Å². The molecule has 3 heterocycles. The van der Waals surface area contributed by atoms with E-state index in [1.165, 1.54) is 11.3 Å². The average molecular weight is 462 g/mol. The number of amides is 2. The van der Waals surface area contributed by atoms with Gasteiger partial charge in [-0.25, -0.2) is 4.98 Å². The summed E-state index contributed by atoms with van der Waals surface area (Å²) in [4.78, 5) is 34.7. The zero-order valence-electron chi connectivity index (χ0n) is 17.8. The fraction of sp³-hybridized carbons (Fsp3) is 0.240. The molecule has 4 aromatic rings. The van der Waals surface area contributed by atoms with Crippen molar-refractivity contribution in [1.82, 2.24) is 9.88 Å². The highest BCUT2D eigenvalue weighted by Gasteiger charge is 2.44. The predicted molar refractivity (Wildman–Crippen MR) is 130 cm³/mol. The molecule has 0 bridgehead atoms. The molecule has 2 aromatic carbocycles. The number of carbonyl (C=O) groups is 2. The van der Waals surface area contributed by atoms with E-state index >= 15 is 0 Å². The molecule has 0 saturated heterocycles. The van der Waals surface area contributed by atoms with Crippen molar-refractivity contribution in [3.8, 4) is 0 Å². The van der Waals surface area contributed by atoms with Gasteiger partial charge < -0.3 is 10.2 Å². The molecule has 2 atom stereocenters. The van der Waals surface area contributed by atoms with Gasteiger partial charge in [-0.05, 0) is 41.1 Å². The van der Waals surface area contributed by atoms with Crippen LogP contribution in [0.15, 0.2) is 66.0 Å². The Kier molecular flexibility index (Phi) is 5.53. The molecule has 5 nitrogen and oxygen atoms in total. The second-order valence-corrected chi connectivity index (χ2v) is 10.4. The Morgan fingerprint density at radius 3 is 2.62 bits per heavy atom. The fourth-order valence-electron chi connectivity index (χ4n) is 4.35. The number of fused-ring (bicyclic) bond motifs is 2. The Balaban J connectivity index is 1.59. The summed E-state index contributed by atoms with van der Waals surface area (Å²) >= 11 is 3.04. The Labute approximate surface area is 194 Å². The minimum Gasteiger partial charge on any atom is -0.329 e. The van der Waals surface area contributed by atoms with Gasteiger partial charge in [0.1, 0.15) is 0 Å². The number of hydrogen-bond acceptors (Lipinski definition) is 5. The SMILES string of the molecule is CC(C)CN1C(=O)c2ccccc2C(C(=O)Nc2nc3ccccc3s2)C1c1cccs1. The van der Waals surface area contributed by atoms with Crippen LogP contribution in [-0.2, 0) is 4.79 Å². The van der Waals surface area contributed by atoms with E-state index in [9.17, 15) is 9.59 Å². The van der Waals surface area contributed by atoms with Crippen LogP contribution < -0.4 is 5.32 Å². The summed E-state index contributed by atoms with van der Waals surface area (Å²) in [6.45, 7) is 4.77. The van der Waals surface area contributed by atoms with Gasteiger partial charge in [-0.1, -0.05) is 61.6 Å². The molecule has 2 aromatic heterocycles. The minimum atomic E-state index is -0.520. The highest BCUT2D eigenvalue weighted by atomic mass is 32.1. The molecule has 1 N–H and O–H groups in total. The Bertz CT molecular complexity index is 1250. The number of thiophene rings is 1. The molecule has 7 heteroatoms. The van der Waals surface area contributed by atoms with Crippen molar-refractivity contribution in [1.29, 1.82) is 0 Å². The lowest BCUT2D eigenvalue weighted by atomic mass is 9.81. The maximum absolute atomic E-state index is 13.8. The number of hydrogen-bond donors (Lipinski definition) is 1. The molecule has 0 aliphatic carbocycles. The summed E-state index contributed by atoms with van der Waals surface area (Å²) in [5, 5.41) is 5.63. The number of nitrogens with one attached hydrogen (secondary N) is 1. The lowest BCUT2D eigenvalue weighted by Gasteiger charge is -2.41. The molecule has 0 saturated carbocycles. The number of benzene rings is 2. The first-order chi connectivity index (χ1) is 15.5. The minimum absolute atomic E-state index is 0.0169. The van der Waals surface area contributed by atoms with Gasteiger partial charge >= 0.3 is 0 Å². The quantitative estimate of drug-likeness (QED) is 0.400. The summed E-state index contributed by atoms with van der Waals surface area (Å²) < 4.78 is 1.03. The van der Waals surface area contributed by atoms with Crippen molar-refractivity contribution in [3.63, 3.8) is 0 Å². The third-order valence-corrected chi connectivity index (χ3v) is 7.54. The zero-order chi connectivity index (χ0) is 22.2. The van der Waals surface area contributed by atoms with Crippen molar-refractivity contribution in [2.24, 2.45) is 5.92 Å². The third kappa shape index (κ3) is 3.72. The predicted octanol–water partition coefficient (Wildman–Crippen LogP) is 5.93. The summed E-state index contributed by atoms with van der Waals surface area (Å²) in [7, 11) is 0. The van der Waals surface area contributed by atoms with Crippen molar-refractivity contribution in [3.05, 3.63) is 82.0 Å². The summed E-state index contributed by atoms with van der Waals surface area (Å²) in [6, 6.07) is 19.0.